The zero-order chi connectivity index (χ0) is 15.3. The topological polar surface area (TPSA) is 92.3 Å². The highest BCUT2D eigenvalue weighted by molar-refractivity contribution is 7.91. The van der Waals surface area contributed by atoms with Crippen molar-refractivity contribution in [2.24, 2.45) is 0 Å². The first-order valence-electron chi connectivity index (χ1n) is 6.75. The van der Waals surface area contributed by atoms with E-state index in [-0.39, 0.29) is 42.3 Å². The van der Waals surface area contributed by atoms with Gasteiger partial charge in [-0.05, 0) is 12.0 Å². The minimum Gasteiger partial charge on any atom is -0.351 e. The average Bonchev–Trinajstić information content (AvgIpc) is 2.77. The first kappa shape index (κ1) is 15.5. The molecule has 0 radical (unpaired) electrons. The molecule has 1 fully saturated rings. The van der Waals surface area contributed by atoms with Crippen molar-refractivity contribution < 1.29 is 18.0 Å². The summed E-state index contributed by atoms with van der Waals surface area (Å²) in [6.45, 7) is -0.137. The molecular weight excluding hydrogens is 292 g/mol. The maximum atomic E-state index is 11.7. The molecule has 1 saturated heterocycles. The molecule has 0 aromatic heterocycles. The number of benzene rings is 1. The van der Waals surface area contributed by atoms with E-state index in [4.69, 9.17) is 0 Å². The highest BCUT2D eigenvalue weighted by Crippen LogP contribution is 2.10. The van der Waals surface area contributed by atoms with Gasteiger partial charge in [0.1, 0.15) is 0 Å². The van der Waals surface area contributed by atoms with Gasteiger partial charge >= 0.3 is 0 Å². The number of rotatable bonds is 5. The van der Waals surface area contributed by atoms with Crippen LogP contribution in [0.4, 0.5) is 0 Å². The number of hydrogen-bond acceptors (Lipinski definition) is 4. The Kier molecular flexibility index (Phi) is 4.95. The largest absolute Gasteiger partial charge is 0.351 e. The molecule has 1 unspecified atom stereocenters. The molecule has 0 aliphatic carbocycles. The van der Waals surface area contributed by atoms with Crippen LogP contribution in [0, 0.1) is 0 Å². The quantitative estimate of drug-likeness (QED) is 0.777. The van der Waals surface area contributed by atoms with Crippen LogP contribution in [-0.4, -0.2) is 44.3 Å². The Bertz CT molecular complexity index is 613. The molecule has 0 spiro atoms. The summed E-state index contributed by atoms with van der Waals surface area (Å²) < 4.78 is 22.5. The van der Waals surface area contributed by atoms with Gasteiger partial charge in [-0.25, -0.2) is 8.42 Å². The van der Waals surface area contributed by atoms with Crippen LogP contribution in [0.2, 0.25) is 0 Å². The third kappa shape index (κ3) is 5.18. The fourth-order valence-corrected chi connectivity index (χ4v) is 3.88. The smallest absolute Gasteiger partial charge is 0.239 e. The van der Waals surface area contributed by atoms with Crippen molar-refractivity contribution in [2.75, 3.05) is 18.1 Å². The molecule has 2 amide bonds. The zero-order valence-electron chi connectivity index (χ0n) is 11.5. The van der Waals surface area contributed by atoms with E-state index in [1.54, 1.807) is 0 Å². The predicted octanol–water partition coefficient (Wildman–Crippen LogP) is -0.351. The van der Waals surface area contributed by atoms with Gasteiger partial charge in [0.2, 0.25) is 11.8 Å². The van der Waals surface area contributed by atoms with Crippen LogP contribution in [0.15, 0.2) is 30.3 Å². The lowest BCUT2D eigenvalue weighted by molar-refractivity contribution is -0.126. The van der Waals surface area contributed by atoms with Gasteiger partial charge in [-0.3, -0.25) is 9.59 Å². The van der Waals surface area contributed by atoms with E-state index in [0.717, 1.165) is 5.56 Å². The lowest BCUT2D eigenvalue weighted by Gasteiger charge is -2.11. The van der Waals surface area contributed by atoms with Crippen LogP contribution in [-0.2, 0) is 25.8 Å². The number of amides is 2. The fraction of sp³-hybridized carbons (Fsp3) is 0.429. The van der Waals surface area contributed by atoms with E-state index >= 15 is 0 Å². The molecule has 2 N–H and O–H groups in total. The highest BCUT2D eigenvalue weighted by Gasteiger charge is 2.28. The van der Waals surface area contributed by atoms with Gasteiger partial charge in [-0.15, -0.1) is 0 Å². The first-order valence-corrected chi connectivity index (χ1v) is 8.57. The molecule has 21 heavy (non-hydrogen) atoms. The van der Waals surface area contributed by atoms with E-state index in [1.807, 2.05) is 30.3 Å². The number of hydrogen-bond donors (Lipinski definition) is 2. The molecule has 0 saturated carbocycles. The standard InChI is InChI=1S/C14H18N2O4S/c17-13(8-11-4-2-1-3-5-11)15-9-14(18)16-12-6-7-21(19,20)10-12/h1-5,12H,6-10H2,(H,15,17)(H,16,18). The summed E-state index contributed by atoms with van der Waals surface area (Å²) in [6, 6.07) is 8.89. The van der Waals surface area contributed by atoms with Gasteiger partial charge in [-0.1, -0.05) is 30.3 Å². The van der Waals surface area contributed by atoms with Crippen LogP contribution in [0.5, 0.6) is 0 Å². The maximum Gasteiger partial charge on any atom is 0.239 e. The van der Waals surface area contributed by atoms with Gasteiger partial charge in [0.25, 0.3) is 0 Å². The molecular formula is C14H18N2O4S. The van der Waals surface area contributed by atoms with Gasteiger partial charge < -0.3 is 10.6 Å². The Hall–Kier alpha value is -1.89. The number of sulfone groups is 1. The second kappa shape index (κ2) is 6.71. The van der Waals surface area contributed by atoms with Crippen molar-refractivity contribution >= 4 is 21.7 Å². The molecule has 6 nitrogen and oxygen atoms in total. The lowest BCUT2D eigenvalue weighted by atomic mass is 10.1. The van der Waals surface area contributed by atoms with Crippen molar-refractivity contribution in [1.82, 2.24) is 10.6 Å². The molecule has 1 aliphatic heterocycles. The second-order valence-corrected chi connectivity index (χ2v) is 7.34. The van der Waals surface area contributed by atoms with Crippen molar-refractivity contribution in [1.29, 1.82) is 0 Å². The molecule has 2 rings (SSSR count). The summed E-state index contributed by atoms with van der Waals surface area (Å²) in [6.07, 6.45) is 0.651. The van der Waals surface area contributed by atoms with Crippen LogP contribution < -0.4 is 10.6 Å². The molecule has 1 heterocycles. The van der Waals surface area contributed by atoms with Crippen LogP contribution >= 0.6 is 0 Å². The number of nitrogens with one attached hydrogen (secondary N) is 2. The summed E-state index contributed by atoms with van der Waals surface area (Å²) in [4.78, 5) is 23.3. The SMILES string of the molecule is O=C(Cc1ccccc1)NCC(=O)NC1CCS(=O)(=O)C1. The van der Waals surface area contributed by atoms with Gasteiger partial charge in [0, 0.05) is 6.04 Å². The Morgan fingerprint density at radius 1 is 1.14 bits per heavy atom. The summed E-state index contributed by atoms with van der Waals surface area (Å²) in [5.74, 6) is -0.511. The van der Waals surface area contributed by atoms with Crippen LogP contribution in [0.3, 0.4) is 0 Å². The van der Waals surface area contributed by atoms with Crippen molar-refractivity contribution in [3.8, 4) is 0 Å². The van der Waals surface area contributed by atoms with E-state index in [0.29, 0.717) is 6.42 Å². The molecule has 114 valence electrons. The van der Waals surface area contributed by atoms with E-state index < -0.39 is 9.84 Å². The fourth-order valence-electron chi connectivity index (χ4n) is 2.21. The van der Waals surface area contributed by atoms with E-state index in [2.05, 4.69) is 10.6 Å². The van der Waals surface area contributed by atoms with E-state index in [1.165, 1.54) is 0 Å². The maximum absolute atomic E-state index is 11.7. The summed E-state index contributed by atoms with van der Waals surface area (Å²) in [5.41, 5.74) is 0.872. The van der Waals surface area contributed by atoms with Crippen molar-refractivity contribution in [2.45, 2.75) is 18.9 Å². The van der Waals surface area contributed by atoms with Crippen molar-refractivity contribution in [3.05, 3.63) is 35.9 Å². The molecule has 1 aromatic rings. The summed E-state index contributed by atoms with van der Waals surface area (Å²) in [7, 11) is -3.02. The monoisotopic (exact) mass is 310 g/mol. The Labute approximate surface area is 123 Å². The Morgan fingerprint density at radius 2 is 1.86 bits per heavy atom. The minimum absolute atomic E-state index is 0.0172. The first-order chi connectivity index (χ1) is 9.94. The predicted molar refractivity (Wildman–Crippen MR) is 78.4 cm³/mol. The minimum atomic E-state index is -3.02. The van der Waals surface area contributed by atoms with Gasteiger partial charge in [0.15, 0.2) is 9.84 Å². The highest BCUT2D eigenvalue weighted by atomic mass is 32.2. The number of carbonyl (C=O) groups excluding carboxylic acids is 2. The van der Waals surface area contributed by atoms with Gasteiger partial charge in [0.05, 0.1) is 24.5 Å². The molecule has 1 atom stereocenters. The number of carbonyl (C=O) groups is 2. The lowest BCUT2D eigenvalue weighted by Crippen LogP contribution is -2.42. The Morgan fingerprint density at radius 3 is 2.48 bits per heavy atom. The molecule has 1 aliphatic rings. The normalized spacial score (nSPS) is 19.9. The van der Waals surface area contributed by atoms with Gasteiger partial charge in [-0.2, -0.15) is 0 Å². The van der Waals surface area contributed by atoms with Crippen molar-refractivity contribution in [3.63, 3.8) is 0 Å². The summed E-state index contributed by atoms with van der Waals surface area (Å²) >= 11 is 0. The molecule has 1 aromatic carbocycles. The third-order valence-corrected chi connectivity index (χ3v) is 5.02. The average molecular weight is 310 g/mol. The Balaban J connectivity index is 1.70. The second-order valence-electron chi connectivity index (χ2n) is 5.11. The van der Waals surface area contributed by atoms with E-state index in [9.17, 15) is 18.0 Å². The summed E-state index contributed by atoms with van der Waals surface area (Å²) in [5, 5.41) is 5.15. The zero-order valence-corrected chi connectivity index (χ0v) is 12.4. The van der Waals surface area contributed by atoms with Crippen LogP contribution in [0.1, 0.15) is 12.0 Å². The van der Waals surface area contributed by atoms with Crippen LogP contribution in [0.25, 0.3) is 0 Å². The molecule has 7 heteroatoms. The molecule has 0 bridgehead atoms. The third-order valence-electron chi connectivity index (χ3n) is 3.25.